The second kappa shape index (κ2) is 5.59. The maximum absolute atomic E-state index is 13.0. The fourth-order valence-electron chi connectivity index (χ4n) is 3.14. The van der Waals surface area contributed by atoms with Crippen LogP contribution in [0, 0.1) is 0 Å². The van der Waals surface area contributed by atoms with E-state index in [1.807, 2.05) is 28.8 Å². The standard InChI is InChI=1S/C17H18N4O2S/c1-20(15-8-4-7-14-13(15)6-5-10-18-14)24(22,23)17-12-21-11-3-2-9-16(21)19-17/h4-8,10,12H,2-3,9,11H2,1H3. The van der Waals surface area contributed by atoms with Gasteiger partial charge in [-0.15, -0.1) is 0 Å². The zero-order valence-corrected chi connectivity index (χ0v) is 14.2. The predicted molar refractivity (Wildman–Crippen MR) is 92.5 cm³/mol. The molecular weight excluding hydrogens is 324 g/mol. The molecule has 0 radical (unpaired) electrons. The van der Waals surface area contributed by atoms with Crippen LogP contribution >= 0.6 is 0 Å². The van der Waals surface area contributed by atoms with Crippen molar-refractivity contribution in [2.45, 2.75) is 30.8 Å². The maximum atomic E-state index is 13.0. The molecule has 0 saturated carbocycles. The van der Waals surface area contributed by atoms with Crippen LogP contribution in [0.3, 0.4) is 0 Å². The molecule has 0 saturated heterocycles. The zero-order valence-electron chi connectivity index (χ0n) is 13.4. The minimum absolute atomic E-state index is 0.114. The van der Waals surface area contributed by atoms with E-state index in [1.165, 1.54) is 4.31 Å². The van der Waals surface area contributed by atoms with Gasteiger partial charge in [-0.1, -0.05) is 6.07 Å². The molecule has 0 aliphatic carbocycles. The molecule has 4 rings (SSSR count). The minimum atomic E-state index is -3.70. The lowest BCUT2D eigenvalue weighted by atomic mass is 10.2. The summed E-state index contributed by atoms with van der Waals surface area (Å²) in [4.78, 5) is 8.66. The number of hydrogen-bond acceptors (Lipinski definition) is 4. The number of aryl methyl sites for hydroxylation is 2. The van der Waals surface area contributed by atoms with Gasteiger partial charge in [0.25, 0.3) is 10.0 Å². The second-order valence-electron chi connectivity index (χ2n) is 5.97. The van der Waals surface area contributed by atoms with E-state index in [1.54, 1.807) is 25.5 Å². The quantitative estimate of drug-likeness (QED) is 0.734. The Bertz CT molecular complexity index is 982. The summed E-state index contributed by atoms with van der Waals surface area (Å²) < 4.78 is 29.3. The van der Waals surface area contributed by atoms with Crippen LogP contribution < -0.4 is 4.31 Å². The minimum Gasteiger partial charge on any atom is -0.333 e. The summed E-state index contributed by atoms with van der Waals surface area (Å²) in [6.45, 7) is 0.833. The Morgan fingerprint density at radius 2 is 2.04 bits per heavy atom. The molecule has 1 aliphatic heterocycles. The van der Waals surface area contributed by atoms with Crippen molar-refractivity contribution in [2.24, 2.45) is 0 Å². The molecule has 0 bridgehead atoms. The summed E-state index contributed by atoms with van der Waals surface area (Å²) in [5, 5.41) is 0.915. The van der Waals surface area contributed by atoms with Gasteiger partial charge >= 0.3 is 0 Å². The molecule has 2 aromatic heterocycles. The van der Waals surface area contributed by atoms with E-state index in [4.69, 9.17) is 0 Å². The summed E-state index contributed by atoms with van der Waals surface area (Å²) in [6, 6.07) is 9.16. The molecule has 6 nitrogen and oxygen atoms in total. The van der Waals surface area contributed by atoms with Gasteiger partial charge in [0.05, 0.1) is 11.2 Å². The predicted octanol–water partition coefficient (Wildman–Crippen LogP) is 2.59. The first kappa shape index (κ1) is 15.1. The summed E-state index contributed by atoms with van der Waals surface area (Å²) in [5.74, 6) is 0.854. The molecule has 1 aliphatic rings. The molecular formula is C17H18N4O2S. The number of sulfonamides is 1. The maximum Gasteiger partial charge on any atom is 0.283 e. The van der Waals surface area contributed by atoms with Crippen LogP contribution in [-0.2, 0) is 23.0 Å². The summed E-state index contributed by atoms with van der Waals surface area (Å²) >= 11 is 0. The molecule has 0 fully saturated rings. The SMILES string of the molecule is CN(c1cccc2ncccc12)S(=O)(=O)c1cn2c(n1)CCCC2. The highest BCUT2D eigenvalue weighted by atomic mass is 32.2. The van der Waals surface area contributed by atoms with Crippen molar-refractivity contribution in [3.63, 3.8) is 0 Å². The fourth-order valence-corrected chi connectivity index (χ4v) is 4.32. The van der Waals surface area contributed by atoms with Crippen LogP contribution in [0.5, 0.6) is 0 Å². The number of benzene rings is 1. The molecule has 7 heteroatoms. The molecule has 3 aromatic rings. The van der Waals surface area contributed by atoms with Crippen molar-refractivity contribution in [1.29, 1.82) is 0 Å². The highest BCUT2D eigenvalue weighted by molar-refractivity contribution is 7.92. The first-order valence-corrected chi connectivity index (χ1v) is 9.40. The average Bonchev–Trinajstić information content (AvgIpc) is 3.05. The number of nitrogens with zero attached hydrogens (tertiary/aromatic N) is 4. The second-order valence-corrected chi connectivity index (χ2v) is 7.88. The largest absolute Gasteiger partial charge is 0.333 e. The molecule has 0 N–H and O–H groups in total. The van der Waals surface area contributed by atoms with E-state index < -0.39 is 10.0 Å². The van der Waals surface area contributed by atoms with Crippen LogP contribution in [0.2, 0.25) is 0 Å². The normalized spacial score (nSPS) is 14.5. The van der Waals surface area contributed by atoms with E-state index in [0.717, 1.165) is 42.5 Å². The summed E-state index contributed by atoms with van der Waals surface area (Å²) in [6.07, 6.45) is 6.31. The molecule has 124 valence electrons. The lowest BCUT2D eigenvalue weighted by molar-refractivity contribution is 0.522. The van der Waals surface area contributed by atoms with Crippen LogP contribution in [0.15, 0.2) is 47.8 Å². The van der Waals surface area contributed by atoms with Crippen molar-refractivity contribution in [1.82, 2.24) is 14.5 Å². The number of fused-ring (bicyclic) bond motifs is 2. The smallest absolute Gasteiger partial charge is 0.283 e. The van der Waals surface area contributed by atoms with E-state index in [2.05, 4.69) is 9.97 Å². The Hall–Kier alpha value is -2.41. The molecule has 0 atom stereocenters. The van der Waals surface area contributed by atoms with Crippen molar-refractivity contribution < 1.29 is 8.42 Å². The number of imidazole rings is 1. The monoisotopic (exact) mass is 342 g/mol. The Labute approximate surface area is 140 Å². The van der Waals surface area contributed by atoms with Gasteiger partial charge in [-0.05, 0) is 37.1 Å². The van der Waals surface area contributed by atoms with Gasteiger partial charge in [0.1, 0.15) is 5.82 Å². The van der Waals surface area contributed by atoms with Crippen LogP contribution in [0.4, 0.5) is 5.69 Å². The number of aromatic nitrogens is 3. The number of rotatable bonds is 3. The Morgan fingerprint density at radius 3 is 2.88 bits per heavy atom. The van der Waals surface area contributed by atoms with Gasteiger partial charge in [-0.25, -0.2) is 4.98 Å². The van der Waals surface area contributed by atoms with Crippen molar-refractivity contribution in [3.05, 3.63) is 48.5 Å². The summed E-state index contributed by atoms with van der Waals surface area (Å²) in [7, 11) is -2.14. The van der Waals surface area contributed by atoms with Crippen LogP contribution in [-0.4, -0.2) is 30.0 Å². The van der Waals surface area contributed by atoms with Gasteiger partial charge in [-0.3, -0.25) is 9.29 Å². The Morgan fingerprint density at radius 1 is 1.17 bits per heavy atom. The molecule has 0 amide bonds. The van der Waals surface area contributed by atoms with Gasteiger partial charge in [0.2, 0.25) is 0 Å². The fraction of sp³-hybridized carbons (Fsp3) is 0.294. The van der Waals surface area contributed by atoms with Gasteiger partial charge in [0.15, 0.2) is 5.03 Å². The van der Waals surface area contributed by atoms with Crippen molar-refractivity contribution in [3.8, 4) is 0 Å². The summed E-state index contributed by atoms with van der Waals surface area (Å²) in [5.41, 5.74) is 1.37. The van der Waals surface area contributed by atoms with Gasteiger partial charge in [0, 0.05) is 37.8 Å². The van der Waals surface area contributed by atoms with Gasteiger partial charge in [-0.2, -0.15) is 8.42 Å². The highest BCUT2D eigenvalue weighted by Crippen LogP contribution is 2.29. The van der Waals surface area contributed by atoms with Crippen LogP contribution in [0.25, 0.3) is 10.9 Å². The van der Waals surface area contributed by atoms with E-state index in [0.29, 0.717) is 5.69 Å². The highest BCUT2D eigenvalue weighted by Gasteiger charge is 2.27. The first-order chi connectivity index (χ1) is 11.6. The Balaban J connectivity index is 1.80. The lowest BCUT2D eigenvalue weighted by Crippen LogP contribution is -2.27. The topological polar surface area (TPSA) is 68.1 Å². The third-order valence-corrected chi connectivity index (χ3v) is 6.12. The van der Waals surface area contributed by atoms with E-state index >= 15 is 0 Å². The van der Waals surface area contributed by atoms with Crippen molar-refractivity contribution >= 4 is 26.6 Å². The van der Waals surface area contributed by atoms with E-state index in [9.17, 15) is 8.42 Å². The number of anilines is 1. The lowest BCUT2D eigenvalue weighted by Gasteiger charge is -2.19. The van der Waals surface area contributed by atoms with E-state index in [-0.39, 0.29) is 5.03 Å². The van der Waals surface area contributed by atoms with Crippen LogP contribution in [0.1, 0.15) is 18.7 Å². The first-order valence-electron chi connectivity index (χ1n) is 7.96. The zero-order chi connectivity index (χ0) is 16.7. The Kier molecular flexibility index (Phi) is 3.53. The average molecular weight is 342 g/mol. The molecule has 0 unspecified atom stereocenters. The van der Waals surface area contributed by atoms with Crippen molar-refractivity contribution in [2.75, 3.05) is 11.4 Å². The number of hydrogen-bond donors (Lipinski definition) is 0. The molecule has 3 heterocycles. The third kappa shape index (κ3) is 2.36. The molecule has 0 spiro atoms. The van der Waals surface area contributed by atoms with Gasteiger partial charge < -0.3 is 4.57 Å². The molecule has 1 aromatic carbocycles. The molecule has 24 heavy (non-hydrogen) atoms. The number of pyridine rings is 1. The third-order valence-electron chi connectivity index (χ3n) is 4.47.